The second-order valence-electron chi connectivity index (χ2n) is 6.85. The summed E-state index contributed by atoms with van der Waals surface area (Å²) in [5, 5.41) is 12.5. The summed E-state index contributed by atoms with van der Waals surface area (Å²) >= 11 is 5.85. The lowest BCUT2D eigenvalue weighted by Crippen LogP contribution is -2.26. The predicted octanol–water partition coefficient (Wildman–Crippen LogP) is 5.00. The first-order valence-electron chi connectivity index (χ1n) is 9.05. The van der Waals surface area contributed by atoms with E-state index >= 15 is 0 Å². The fraction of sp³-hybridized carbons (Fsp3) is 0.333. The first kappa shape index (κ1) is 19.2. The van der Waals surface area contributed by atoms with Gasteiger partial charge < -0.3 is 15.2 Å². The summed E-state index contributed by atoms with van der Waals surface area (Å²) in [7, 11) is 0. The minimum absolute atomic E-state index is 0.0194. The van der Waals surface area contributed by atoms with Crippen molar-refractivity contribution in [2.45, 2.75) is 38.2 Å². The Labute approximate surface area is 163 Å². The van der Waals surface area contributed by atoms with Gasteiger partial charge in [-0.2, -0.15) is 0 Å². The highest BCUT2D eigenvalue weighted by atomic mass is 35.5. The summed E-state index contributed by atoms with van der Waals surface area (Å²) in [6.07, 6.45) is 4.26. The van der Waals surface area contributed by atoms with Crippen LogP contribution in [0.1, 0.15) is 42.5 Å². The number of nitrogens with one attached hydrogen (secondary N) is 1. The van der Waals surface area contributed by atoms with Gasteiger partial charge in [-0.1, -0.05) is 11.6 Å². The molecule has 0 spiro atoms. The molecule has 0 bridgehead atoms. The van der Waals surface area contributed by atoms with Crippen molar-refractivity contribution >= 4 is 29.2 Å². The van der Waals surface area contributed by atoms with Crippen molar-refractivity contribution < 1.29 is 19.4 Å². The molecule has 2 aromatic carbocycles. The number of carboxylic acids is 1. The number of hydrogen-bond donors (Lipinski definition) is 2. The topological polar surface area (TPSA) is 75.6 Å². The molecule has 0 radical (unpaired) electrons. The van der Waals surface area contributed by atoms with E-state index in [0.29, 0.717) is 23.1 Å². The molecule has 0 aromatic heterocycles. The number of carbonyl (C=O) groups excluding carboxylic acids is 1. The van der Waals surface area contributed by atoms with E-state index in [2.05, 4.69) is 5.32 Å². The van der Waals surface area contributed by atoms with Gasteiger partial charge in [0.1, 0.15) is 5.75 Å². The fourth-order valence-corrected chi connectivity index (χ4v) is 3.46. The molecule has 142 valence electrons. The quantitative estimate of drug-likeness (QED) is 0.730. The van der Waals surface area contributed by atoms with Gasteiger partial charge >= 0.3 is 5.97 Å². The standard InChI is InChI=1S/C21H22ClNO4/c22-16-5-7-17(8-6-16)23-20(24)13-14-1-9-18(10-2-14)27-19-11-3-15(4-12-19)21(25)26/h3-8,11-12,14,18H,1-2,9-10,13H2,(H,23,24)(H,25,26). The van der Waals surface area contributed by atoms with Crippen LogP contribution in [0.2, 0.25) is 5.02 Å². The van der Waals surface area contributed by atoms with Gasteiger partial charge in [-0.05, 0) is 80.1 Å². The van der Waals surface area contributed by atoms with E-state index in [1.807, 2.05) is 0 Å². The van der Waals surface area contributed by atoms with E-state index in [4.69, 9.17) is 21.4 Å². The lowest BCUT2D eigenvalue weighted by atomic mass is 9.85. The number of ether oxygens (including phenoxy) is 1. The van der Waals surface area contributed by atoms with Gasteiger partial charge in [-0.25, -0.2) is 4.79 Å². The van der Waals surface area contributed by atoms with Gasteiger partial charge in [-0.3, -0.25) is 4.79 Å². The van der Waals surface area contributed by atoms with Gasteiger partial charge in [0.05, 0.1) is 11.7 Å². The van der Waals surface area contributed by atoms with Crippen molar-refractivity contribution in [2.75, 3.05) is 5.32 Å². The van der Waals surface area contributed by atoms with Gasteiger partial charge in [-0.15, -0.1) is 0 Å². The molecule has 6 heteroatoms. The summed E-state index contributed by atoms with van der Waals surface area (Å²) in [4.78, 5) is 23.1. The Balaban J connectivity index is 1.42. The molecular formula is C21H22ClNO4. The maximum Gasteiger partial charge on any atom is 0.335 e. The second kappa shape index (κ2) is 8.91. The van der Waals surface area contributed by atoms with Crippen LogP contribution in [0.3, 0.4) is 0 Å². The molecule has 0 atom stereocenters. The molecule has 2 aromatic rings. The molecule has 0 aliphatic heterocycles. The second-order valence-corrected chi connectivity index (χ2v) is 7.29. The summed E-state index contributed by atoms with van der Waals surface area (Å²) in [6.45, 7) is 0. The third kappa shape index (κ3) is 5.73. The van der Waals surface area contributed by atoms with E-state index < -0.39 is 5.97 Å². The molecule has 1 fully saturated rings. The maximum absolute atomic E-state index is 12.2. The highest BCUT2D eigenvalue weighted by Crippen LogP contribution is 2.30. The molecule has 5 nitrogen and oxygen atoms in total. The Hall–Kier alpha value is -2.53. The number of rotatable bonds is 6. The molecule has 1 aliphatic rings. The van der Waals surface area contributed by atoms with E-state index in [1.165, 1.54) is 0 Å². The normalized spacial score (nSPS) is 19.3. The molecule has 27 heavy (non-hydrogen) atoms. The van der Waals surface area contributed by atoms with Crippen molar-refractivity contribution in [2.24, 2.45) is 5.92 Å². The largest absolute Gasteiger partial charge is 0.490 e. The first-order valence-corrected chi connectivity index (χ1v) is 9.43. The van der Waals surface area contributed by atoms with E-state index in [1.54, 1.807) is 48.5 Å². The van der Waals surface area contributed by atoms with Crippen molar-refractivity contribution in [1.29, 1.82) is 0 Å². The minimum Gasteiger partial charge on any atom is -0.490 e. The Bertz CT molecular complexity index is 781. The summed E-state index contributed by atoms with van der Waals surface area (Å²) < 4.78 is 5.94. The summed E-state index contributed by atoms with van der Waals surface area (Å²) in [6, 6.07) is 13.6. The molecule has 0 heterocycles. The zero-order valence-electron chi connectivity index (χ0n) is 14.9. The number of hydrogen-bond acceptors (Lipinski definition) is 3. The molecule has 1 aliphatic carbocycles. The van der Waals surface area contributed by atoms with Crippen LogP contribution in [0.4, 0.5) is 5.69 Å². The highest BCUT2D eigenvalue weighted by molar-refractivity contribution is 6.30. The summed E-state index contributed by atoms with van der Waals surface area (Å²) in [5.41, 5.74) is 1.00. The average molecular weight is 388 g/mol. The number of amides is 1. The molecule has 0 unspecified atom stereocenters. The van der Waals surface area contributed by atoms with Crippen LogP contribution in [-0.4, -0.2) is 23.1 Å². The molecule has 1 saturated carbocycles. The SMILES string of the molecule is O=C(CC1CCC(Oc2ccc(C(=O)O)cc2)CC1)Nc1ccc(Cl)cc1. The van der Waals surface area contributed by atoms with E-state index in [9.17, 15) is 9.59 Å². The summed E-state index contributed by atoms with van der Waals surface area (Å²) in [5.74, 6) is 0.111. The zero-order chi connectivity index (χ0) is 19.2. The highest BCUT2D eigenvalue weighted by Gasteiger charge is 2.24. The van der Waals surface area contributed by atoms with Crippen LogP contribution < -0.4 is 10.1 Å². The van der Waals surface area contributed by atoms with Crippen LogP contribution in [0.15, 0.2) is 48.5 Å². The van der Waals surface area contributed by atoms with E-state index in [0.717, 1.165) is 31.4 Å². The van der Waals surface area contributed by atoms with Crippen molar-refractivity contribution in [3.63, 3.8) is 0 Å². The third-order valence-electron chi connectivity index (χ3n) is 4.80. The van der Waals surface area contributed by atoms with Crippen molar-refractivity contribution in [3.05, 3.63) is 59.1 Å². The van der Waals surface area contributed by atoms with Gasteiger partial charge in [0.25, 0.3) is 0 Å². The third-order valence-corrected chi connectivity index (χ3v) is 5.05. The van der Waals surface area contributed by atoms with Crippen molar-refractivity contribution in [3.8, 4) is 5.75 Å². The number of carboxylic acid groups (broad SMARTS) is 1. The smallest absolute Gasteiger partial charge is 0.335 e. The molecular weight excluding hydrogens is 366 g/mol. The number of carbonyl (C=O) groups is 2. The predicted molar refractivity (Wildman–Crippen MR) is 104 cm³/mol. The van der Waals surface area contributed by atoms with Crippen LogP contribution in [-0.2, 0) is 4.79 Å². The Kier molecular flexibility index (Phi) is 6.35. The van der Waals surface area contributed by atoms with E-state index in [-0.39, 0.29) is 17.6 Å². The van der Waals surface area contributed by atoms with Gasteiger partial charge in [0.15, 0.2) is 0 Å². The Morgan fingerprint density at radius 1 is 1.00 bits per heavy atom. The lowest BCUT2D eigenvalue weighted by molar-refractivity contribution is -0.117. The van der Waals surface area contributed by atoms with Crippen LogP contribution in [0.25, 0.3) is 0 Å². The maximum atomic E-state index is 12.2. The van der Waals surface area contributed by atoms with Crippen LogP contribution in [0, 0.1) is 5.92 Å². The van der Waals surface area contributed by atoms with Crippen LogP contribution in [0.5, 0.6) is 5.75 Å². The number of halogens is 1. The zero-order valence-corrected chi connectivity index (χ0v) is 15.6. The molecule has 3 rings (SSSR count). The minimum atomic E-state index is -0.945. The average Bonchev–Trinajstić information content (AvgIpc) is 2.66. The van der Waals surface area contributed by atoms with Gasteiger partial charge in [0.2, 0.25) is 5.91 Å². The number of anilines is 1. The fourth-order valence-electron chi connectivity index (χ4n) is 3.33. The molecule has 1 amide bonds. The lowest BCUT2D eigenvalue weighted by Gasteiger charge is -2.28. The van der Waals surface area contributed by atoms with Crippen LogP contribution >= 0.6 is 11.6 Å². The Morgan fingerprint density at radius 2 is 1.63 bits per heavy atom. The molecule has 2 N–H and O–H groups in total. The van der Waals surface area contributed by atoms with Crippen molar-refractivity contribution in [1.82, 2.24) is 0 Å². The number of aromatic carboxylic acids is 1. The number of benzene rings is 2. The first-order chi connectivity index (χ1) is 13.0. The monoisotopic (exact) mass is 387 g/mol. The molecule has 0 saturated heterocycles. The Morgan fingerprint density at radius 3 is 2.22 bits per heavy atom. The van der Waals surface area contributed by atoms with Gasteiger partial charge in [0, 0.05) is 17.1 Å².